The molecule has 0 aliphatic rings. The summed E-state index contributed by atoms with van der Waals surface area (Å²) in [5, 5.41) is 12.0. The molecule has 0 bridgehead atoms. The van der Waals surface area contributed by atoms with Gasteiger partial charge in [-0.05, 0) is 24.3 Å². The van der Waals surface area contributed by atoms with E-state index in [2.05, 4.69) is 32.6 Å². The lowest BCUT2D eigenvalue weighted by molar-refractivity contribution is -0.120. The third-order valence-corrected chi connectivity index (χ3v) is 7.10. The maximum Gasteiger partial charge on any atom is 0.221 e. The molecule has 0 aliphatic heterocycles. The Morgan fingerprint density at radius 3 is 2.62 bits per heavy atom. The second-order valence-electron chi connectivity index (χ2n) is 7.05. The van der Waals surface area contributed by atoms with Crippen molar-refractivity contribution in [2.45, 2.75) is 43.3 Å². The van der Waals surface area contributed by atoms with Crippen molar-refractivity contribution in [3.05, 3.63) is 36.5 Å². The first-order valence-corrected chi connectivity index (χ1v) is 13.2. The maximum atomic E-state index is 12.3. The molecule has 2 N–H and O–H groups in total. The van der Waals surface area contributed by atoms with Crippen molar-refractivity contribution in [3.8, 4) is 0 Å². The molecule has 0 unspecified atom stereocenters. The molecule has 0 spiro atoms. The Morgan fingerprint density at radius 1 is 1.12 bits per heavy atom. The summed E-state index contributed by atoms with van der Waals surface area (Å²) >= 11 is 1.56. The number of hydrogen-bond acceptors (Lipinski definition) is 8. The van der Waals surface area contributed by atoms with E-state index in [0.29, 0.717) is 23.9 Å². The third-order valence-electron chi connectivity index (χ3n) is 4.64. The Balaban J connectivity index is 1.60. The topological polar surface area (TPSA) is 119 Å². The Morgan fingerprint density at radius 2 is 1.91 bits per heavy atom. The average molecular weight is 477 g/mol. The van der Waals surface area contributed by atoms with Gasteiger partial charge in [-0.2, -0.15) is 5.10 Å². The molecule has 1 amide bonds. The lowest BCUT2D eigenvalue weighted by Crippen LogP contribution is -2.29. The molecule has 0 radical (unpaired) electrons. The largest absolute Gasteiger partial charge is 0.369 e. The van der Waals surface area contributed by atoms with Crippen LogP contribution in [0, 0.1) is 0 Å². The van der Waals surface area contributed by atoms with Crippen molar-refractivity contribution in [2.24, 2.45) is 0 Å². The number of carbonyl (C=O) groups excluding carboxylic acids is 1. The van der Waals surface area contributed by atoms with Gasteiger partial charge in [0.2, 0.25) is 5.91 Å². The van der Waals surface area contributed by atoms with Gasteiger partial charge < -0.3 is 10.6 Å². The minimum absolute atomic E-state index is 0.0956. The predicted molar refractivity (Wildman–Crippen MR) is 127 cm³/mol. The third kappa shape index (κ3) is 6.19. The van der Waals surface area contributed by atoms with E-state index >= 15 is 0 Å². The van der Waals surface area contributed by atoms with Gasteiger partial charge in [-0.1, -0.05) is 43.8 Å². The van der Waals surface area contributed by atoms with Gasteiger partial charge in [-0.25, -0.2) is 23.1 Å². The summed E-state index contributed by atoms with van der Waals surface area (Å²) in [6.07, 6.45) is 2.60. The fraction of sp³-hybridized carbons (Fsp3) is 0.429. The number of fused-ring (bicyclic) bond motifs is 1. The van der Waals surface area contributed by atoms with Crippen LogP contribution in [-0.4, -0.2) is 58.7 Å². The van der Waals surface area contributed by atoms with Crippen LogP contribution < -0.4 is 10.6 Å². The van der Waals surface area contributed by atoms with Crippen LogP contribution in [0.15, 0.2) is 46.6 Å². The molecule has 11 heteroatoms. The molecule has 32 heavy (non-hydrogen) atoms. The van der Waals surface area contributed by atoms with Crippen LogP contribution in [0.1, 0.15) is 26.7 Å². The van der Waals surface area contributed by atoms with Crippen molar-refractivity contribution in [2.75, 3.05) is 29.9 Å². The highest BCUT2D eigenvalue weighted by Crippen LogP contribution is 2.24. The molecule has 0 atom stereocenters. The highest BCUT2D eigenvalue weighted by molar-refractivity contribution is 7.99. The number of hydrogen-bond donors (Lipinski definition) is 2. The van der Waals surface area contributed by atoms with Crippen molar-refractivity contribution in [1.29, 1.82) is 0 Å². The van der Waals surface area contributed by atoms with E-state index in [9.17, 15) is 13.2 Å². The summed E-state index contributed by atoms with van der Waals surface area (Å²) in [5.41, 5.74) is 0.704. The first kappa shape index (κ1) is 24.0. The van der Waals surface area contributed by atoms with Crippen LogP contribution in [0.3, 0.4) is 0 Å². The Labute approximate surface area is 192 Å². The SMILES string of the molecule is CCCNc1nc(SCC)nc2c1cnn2CCNC(=O)CCS(=O)(=O)c1ccccc1. The molecule has 0 saturated carbocycles. The number of amides is 1. The molecular weight excluding hydrogens is 448 g/mol. The molecule has 2 heterocycles. The van der Waals surface area contributed by atoms with Crippen molar-refractivity contribution in [1.82, 2.24) is 25.1 Å². The lowest BCUT2D eigenvalue weighted by Gasteiger charge is -2.09. The number of anilines is 1. The molecule has 172 valence electrons. The minimum Gasteiger partial charge on any atom is -0.369 e. The zero-order chi connectivity index (χ0) is 23.0. The number of nitrogens with zero attached hydrogens (tertiary/aromatic N) is 4. The Hall–Kier alpha value is -2.66. The number of rotatable bonds is 12. The van der Waals surface area contributed by atoms with Crippen LogP contribution in [0.5, 0.6) is 0 Å². The predicted octanol–water partition coefficient (Wildman–Crippen LogP) is 2.74. The minimum atomic E-state index is -3.48. The lowest BCUT2D eigenvalue weighted by atomic mass is 10.3. The number of sulfone groups is 1. The Bertz CT molecular complexity index is 1150. The first-order chi connectivity index (χ1) is 15.4. The number of benzene rings is 1. The van der Waals surface area contributed by atoms with E-state index < -0.39 is 9.84 Å². The van der Waals surface area contributed by atoms with Crippen LogP contribution in [0.2, 0.25) is 0 Å². The number of carbonyl (C=O) groups is 1. The summed E-state index contributed by atoms with van der Waals surface area (Å²) in [6, 6.07) is 8.15. The number of thioether (sulfide) groups is 1. The van der Waals surface area contributed by atoms with Gasteiger partial charge in [0.15, 0.2) is 20.6 Å². The van der Waals surface area contributed by atoms with Gasteiger partial charge in [0.25, 0.3) is 0 Å². The molecule has 0 saturated heterocycles. The fourth-order valence-electron chi connectivity index (χ4n) is 3.03. The smallest absolute Gasteiger partial charge is 0.221 e. The maximum absolute atomic E-state index is 12.3. The molecule has 0 fully saturated rings. The summed E-state index contributed by atoms with van der Waals surface area (Å²) in [6.45, 7) is 5.67. The van der Waals surface area contributed by atoms with Crippen molar-refractivity contribution < 1.29 is 13.2 Å². The van der Waals surface area contributed by atoms with Gasteiger partial charge in [-0.3, -0.25) is 4.79 Å². The molecule has 9 nitrogen and oxygen atoms in total. The van der Waals surface area contributed by atoms with Crippen LogP contribution >= 0.6 is 11.8 Å². The summed E-state index contributed by atoms with van der Waals surface area (Å²) < 4.78 is 26.4. The van der Waals surface area contributed by atoms with E-state index in [0.717, 1.165) is 29.9 Å². The quantitative estimate of drug-likeness (QED) is 0.303. The summed E-state index contributed by atoms with van der Waals surface area (Å²) in [7, 11) is -3.48. The number of nitrogens with one attached hydrogen (secondary N) is 2. The van der Waals surface area contributed by atoms with Gasteiger partial charge in [-0.15, -0.1) is 0 Å². The van der Waals surface area contributed by atoms with Crippen LogP contribution in [0.4, 0.5) is 5.82 Å². The first-order valence-electron chi connectivity index (χ1n) is 10.6. The molecule has 0 aliphatic carbocycles. The van der Waals surface area contributed by atoms with Gasteiger partial charge in [0.05, 0.1) is 28.8 Å². The molecular formula is C21H28N6O3S2. The summed E-state index contributed by atoms with van der Waals surface area (Å²) in [4.78, 5) is 21.6. The molecule has 1 aromatic carbocycles. The van der Waals surface area contributed by atoms with Crippen LogP contribution in [0.25, 0.3) is 11.0 Å². The standard InChI is InChI=1S/C21H28N6O3S2/c1-3-11-23-19-17-15-24-27(20(17)26-21(25-19)31-4-2)13-12-22-18(28)10-14-32(29,30)16-8-6-5-7-9-16/h5-9,15H,3-4,10-14H2,1-2H3,(H,22,28)(H,23,25,26). The van der Waals surface area contributed by atoms with E-state index in [1.54, 1.807) is 40.8 Å². The monoisotopic (exact) mass is 476 g/mol. The molecule has 3 aromatic rings. The van der Waals surface area contributed by atoms with E-state index in [1.807, 2.05) is 6.92 Å². The van der Waals surface area contributed by atoms with Crippen molar-refractivity contribution >= 4 is 44.4 Å². The van der Waals surface area contributed by atoms with E-state index in [-0.39, 0.29) is 23.0 Å². The molecule has 3 rings (SSSR count). The van der Waals surface area contributed by atoms with Gasteiger partial charge in [0.1, 0.15) is 5.82 Å². The van der Waals surface area contributed by atoms with E-state index in [4.69, 9.17) is 0 Å². The van der Waals surface area contributed by atoms with Gasteiger partial charge >= 0.3 is 0 Å². The Kier molecular flexibility index (Phi) is 8.46. The van der Waals surface area contributed by atoms with Gasteiger partial charge in [0, 0.05) is 19.5 Å². The highest BCUT2D eigenvalue weighted by atomic mass is 32.2. The van der Waals surface area contributed by atoms with Crippen molar-refractivity contribution in [3.63, 3.8) is 0 Å². The average Bonchev–Trinajstić information content (AvgIpc) is 3.20. The molecule has 2 aromatic heterocycles. The zero-order valence-corrected chi connectivity index (χ0v) is 19.9. The zero-order valence-electron chi connectivity index (χ0n) is 18.2. The second kappa shape index (κ2) is 11.3. The summed E-state index contributed by atoms with van der Waals surface area (Å²) in [5.74, 6) is 1.07. The number of aromatic nitrogens is 4. The highest BCUT2D eigenvalue weighted by Gasteiger charge is 2.16. The van der Waals surface area contributed by atoms with Crippen LogP contribution in [-0.2, 0) is 21.2 Å². The second-order valence-corrected chi connectivity index (χ2v) is 10.4. The fourth-order valence-corrected chi connectivity index (χ4v) is 4.86. The normalized spacial score (nSPS) is 11.6. The van der Waals surface area contributed by atoms with E-state index in [1.165, 1.54) is 12.1 Å².